The molecule has 0 spiro atoms. The van der Waals surface area contributed by atoms with Gasteiger partial charge in [0.05, 0.1) is 44.6 Å². The van der Waals surface area contributed by atoms with E-state index < -0.39 is 16.9 Å². The van der Waals surface area contributed by atoms with Crippen LogP contribution in [-0.4, -0.2) is 64.6 Å². The Labute approximate surface area is 246 Å². The third-order valence-corrected chi connectivity index (χ3v) is 10.4. The fourth-order valence-electron chi connectivity index (χ4n) is 7.01. The van der Waals surface area contributed by atoms with E-state index in [2.05, 4.69) is 31.4 Å². The molecule has 9 nitrogen and oxygen atoms in total. The van der Waals surface area contributed by atoms with E-state index in [9.17, 15) is 24.9 Å². The molecule has 0 bridgehead atoms. The third kappa shape index (κ3) is 6.61. The van der Waals surface area contributed by atoms with Crippen LogP contribution in [-0.2, 0) is 22.4 Å². The minimum atomic E-state index is -0.730. The quantitative estimate of drug-likeness (QED) is 0.270. The molecule has 6 atom stereocenters. The van der Waals surface area contributed by atoms with Gasteiger partial charge in [0.1, 0.15) is 5.75 Å². The molecule has 4 rings (SSSR count). The van der Waals surface area contributed by atoms with Crippen molar-refractivity contribution in [1.29, 1.82) is 0 Å². The van der Waals surface area contributed by atoms with Crippen LogP contribution in [0.5, 0.6) is 5.75 Å². The molecule has 5 N–H and O–H groups in total. The zero-order valence-corrected chi connectivity index (χ0v) is 25.6. The van der Waals surface area contributed by atoms with Crippen LogP contribution in [0.1, 0.15) is 75.4 Å². The number of nitrogens with zero attached hydrogens (tertiary/aromatic N) is 1. The van der Waals surface area contributed by atoms with E-state index in [0.717, 1.165) is 21.9 Å². The molecule has 1 saturated carbocycles. The molecule has 2 aliphatic carbocycles. The number of hydrogen-bond acceptors (Lipinski definition) is 8. The normalized spacial score (nSPS) is 28.0. The highest BCUT2D eigenvalue weighted by atomic mass is 32.1. The van der Waals surface area contributed by atoms with Crippen molar-refractivity contribution in [3.8, 4) is 5.75 Å². The number of hydrogen-bond donors (Lipinski definition) is 5. The standard InChI is InChI=1S/C31H45N3O6S/c1-18(2)12-20(16-35)32-27(39)14-22-28-23(15-24-30(22,3)11-10-25(37)31(24,4)17-36)41-29(34-28)33-26(38)13-19-6-8-21(40-5)9-7-19/h6-9,18,20,22,24-25,35-37H,10-17H2,1-5H3,(H,32,39)(H,33,34,38). The predicted molar refractivity (Wildman–Crippen MR) is 159 cm³/mol. The lowest BCUT2D eigenvalue weighted by Gasteiger charge is -2.58. The number of ether oxygens (including phenoxy) is 1. The van der Waals surface area contributed by atoms with Crippen molar-refractivity contribution in [3.63, 3.8) is 0 Å². The average Bonchev–Trinajstić information content (AvgIpc) is 3.33. The van der Waals surface area contributed by atoms with E-state index in [-0.39, 0.29) is 55.7 Å². The highest BCUT2D eigenvalue weighted by molar-refractivity contribution is 7.15. The van der Waals surface area contributed by atoms with Crippen molar-refractivity contribution in [2.75, 3.05) is 25.6 Å². The van der Waals surface area contributed by atoms with Crippen LogP contribution >= 0.6 is 11.3 Å². The predicted octanol–water partition coefficient (Wildman–Crippen LogP) is 3.66. The summed E-state index contributed by atoms with van der Waals surface area (Å²) >= 11 is 1.41. The number of rotatable bonds is 11. The molecule has 1 fully saturated rings. The Morgan fingerprint density at radius 2 is 1.88 bits per heavy atom. The second-order valence-electron chi connectivity index (χ2n) is 12.7. The van der Waals surface area contributed by atoms with Gasteiger partial charge in [-0.1, -0.05) is 39.8 Å². The lowest BCUT2D eigenvalue weighted by atomic mass is 9.47. The Bertz CT molecular complexity index is 1220. The maximum Gasteiger partial charge on any atom is 0.230 e. The Hall–Kier alpha value is -2.53. The summed E-state index contributed by atoms with van der Waals surface area (Å²) in [6.45, 7) is 7.90. The monoisotopic (exact) mass is 587 g/mol. The second-order valence-corrected chi connectivity index (χ2v) is 13.8. The van der Waals surface area contributed by atoms with Gasteiger partial charge >= 0.3 is 0 Å². The SMILES string of the molecule is COc1ccc(CC(=O)Nc2nc3c(s2)CC2C(C)(CO)C(O)CCC2(C)C3CC(=O)NC(CO)CC(C)C)cc1. The fraction of sp³-hybridized carbons (Fsp3) is 0.645. The summed E-state index contributed by atoms with van der Waals surface area (Å²) in [6.07, 6.45) is 2.22. The molecule has 6 unspecified atom stereocenters. The molecule has 2 aromatic rings. The fourth-order valence-corrected chi connectivity index (χ4v) is 8.10. The molecule has 0 radical (unpaired) electrons. The molecule has 41 heavy (non-hydrogen) atoms. The highest BCUT2D eigenvalue weighted by Crippen LogP contribution is 2.62. The van der Waals surface area contributed by atoms with Gasteiger partial charge in [-0.3, -0.25) is 9.59 Å². The van der Waals surface area contributed by atoms with Gasteiger partial charge in [-0.15, -0.1) is 11.3 Å². The summed E-state index contributed by atoms with van der Waals surface area (Å²) in [5.74, 6) is 0.356. The van der Waals surface area contributed by atoms with Crippen molar-refractivity contribution in [2.24, 2.45) is 22.7 Å². The number of benzene rings is 1. The van der Waals surface area contributed by atoms with Gasteiger partial charge < -0.3 is 30.7 Å². The summed E-state index contributed by atoms with van der Waals surface area (Å²) in [5.41, 5.74) is 0.536. The molecule has 2 aliphatic rings. The van der Waals surface area contributed by atoms with Crippen LogP contribution in [0.2, 0.25) is 0 Å². The first-order chi connectivity index (χ1) is 19.4. The van der Waals surface area contributed by atoms with E-state index >= 15 is 0 Å². The Balaban J connectivity index is 1.61. The van der Waals surface area contributed by atoms with Crippen molar-refractivity contribution in [1.82, 2.24) is 10.3 Å². The molecular formula is C31H45N3O6S. The lowest BCUT2D eigenvalue weighted by molar-refractivity contribution is -0.144. The molecule has 0 aliphatic heterocycles. The molecular weight excluding hydrogens is 542 g/mol. The maximum absolute atomic E-state index is 13.4. The summed E-state index contributed by atoms with van der Waals surface area (Å²) in [7, 11) is 1.60. The zero-order valence-electron chi connectivity index (χ0n) is 24.8. The number of aliphatic hydroxyl groups is 3. The molecule has 1 aromatic heterocycles. The number of carbonyl (C=O) groups excluding carboxylic acids is 2. The number of anilines is 1. The van der Waals surface area contributed by atoms with Crippen LogP contribution in [0.15, 0.2) is 24.3 Å². The van der Waals surface area contributed by atoms with Crippen LogP contribution < -0.4 is 15.4 Å². The Kier molecular flexibility index (Phi) is 9.78. The number of aliphatic hydroxyl groups excluding tert-OH is 3. The molecule has 1 aromatic carbocycles. The molecule has 0 saturated heterocycles. The number of aromatic nitrogens is 1. The first-order valence-electron chi connectivity index (χ1n) is 14.5. The number of carbonyl (C=O) groups is 2. The maximum atomic E-state index is 13.4. The van der Waals surface area contributed by atoms with Crippen LogP contribution in [0.25, 0.3) is 0 Å². The van der Waals surface area contributed by atoms with E-state index in [0.29, 0.717) is 36.7 Å². The second kappa shape index (κ2) is 12.8. The van der Waals surface area contributed by atoms with Gasteiger partial charge in [-0.25, -0.2) is 4.98 Å². The number of nitrogens with one attached hydrogen (secondary N) is 2. The van der Waals surface area contributed by atoms with E-state index in [4.69, 9.17) is 9.72 Å². The highest BCUT2D eigenvalue weighted by Gasteiger charge is 2.59. The van der Waals surface area contributed by atoms with Crippen LogP contribution in [0.4, 0.5) is 5.13 Å². The van der Waals surface area contributed by atoms with Gasteiger partial charge in [0, 0.05) is 22.6 Å². The minimum Gasteiger partial charge on any atom is -0.497 e. The Morgan fingerprint density at radius 1 is 1.17 bits per heavy atom. The van der Waals surface area contributed by atoms with Crippen molar-refractivity contribution >= 4 is 28.3 Å². The number of thiazole rings is 1. The van der Waals surface area contributed by atoms with Gasteiger partial charge in [-0.05, 0) is 60.6 Å². The number of amides is 2. The van der Waals surface area contributed by atoms with Crippen molar-refractivity contribution in [3.05, 3.63) is 40.4 Å². The van der Waals surface area contributed by atoms with E-state index in [1.54, 1.807) is 7.11 Å². The lowest BCUT2D eigenvalue weighted by Crippen LogP contribution is -2.58. The first kappa shape index (κ1) is 31.4. The largest absolute Gasteiger partial charge is 0.497 e. The smallest absolute Gasteiger partial charge is 0.230 e. The van der Waals surface area contributed by atoms with Gasteiger partial charge in [0.2, 0.25) is 11.8 Å². The van der Waals surface area contributed by atoms with E-state index in [1.165, 1.54) is 11.3 Å². The summed E-state index contributed by atoms with van der Waals surface area (Å²) in [4.78, 5) is 32.2. The van der Waals surface area contributed by atoms with Crippen LogP contribution in [0.3, 0.4) is 0 Å². The van der Waals surface area contributed by atoms with Gasteiger partial charge in [0.15, 0.2) is 5.13 Å². The summed E-state index contributed by atoms with van der Waals surface area (Å²) in [6, 6.07) is 7.01. The zero-order chi connectivity index (χ0) is 29.9. The molecule has 10 heteroatoms. The number of methoxy groups -OCH3 is 1. The summed E-state index contributed by atoms with van der Waals surface area (Å²) in [5, 5.41) is 37.8. The van der Waals surface area contributed by atoms with Crippen molar-refractivity contribution < 1.29 is 29.6 Å². The molecule has 226 valence electrons. The molecule has 1 heterocycles. The van der Waals surface area contributed by atoms with Crippen LogP contribution in [0, 0.1) is 22.7 Å². The van der Waals surface area contributed by atoms with Crippen molar-refractivity contribution in [2.45, 2.75) is 84.3 Å². The third-order valence-electron chi connectivity index (χ3n) is 9.39. The van der Waals surface area contributed by atoms with Gasteiger partial charge in [-0.2, -0.15) is 0 Å². The topological polar surface area (TPSA) is 141 Å². The number of fused-ring (bicyclic) bond motifs is 2. The van der Waals surface area contributed by atoms with E-state index in [1.807, 2.05) is 31.2 Å². The van der Waals surface area contributed by atoms with Gasteiger partial charge in [0.25, 0.3) is 0 Å². The Morgan fingerprint density at radius 3 is 2.49 bits per heavy atom. The first-order valence-corrected chi connectivity index (χ1v) is 15.4. The molecule has 2 amide bonds. The summed E-state index contributed by atoms with van der Waals surface area (Å²) < 4.78 is 5.19. The minimum absolute atomic E-state index is 0.0818. The average molecular weight is 588 g/mol.